The normalized spacial score (nSPS) is 11.9. The van der Waals surface area contributed by atoms with Crippen molar-refractivity contribution >= 4 is 51.3 Å². The lowest BCUT2D eigenvalue weighted by Crippen LogP contribution is -2.39. The molecule has 0 fully saturated rings. The molecule has 3 N–H and O–H groups in total. The Kier molecular flexibility index (Phi) is 10.8. The third-order valence-electron chi connectivity index (χ3n) is 3.44. The van der Waals surface area contributed by atoms with E-state index in [-0.39, 0.29) is 30.5 Å². The molecule has 0 spiro atoms. The predicted octanol–water partition coefficient (Wildman–Crippen LogP) is 1.05. The number of hydrogen-bond acceptors (Lipinski definition) is 6. The molecule has 0 radical (unpaired) electrons. The number of halogens is 1. The van der Waals surface area contributed by atoms with Crippen molar-refractivity contribution < 1.29 is 8.42 Å². The molecule has 0 bridgehead atoms. The van der Waals surface area contributed by atoms with E-state index in [4.69, 9.17) is 0 Å². The third-order valence-corrected chi connectivity index (χ3v) is 6.29. The monoisotopic (exact) mass is 527 g/mol. The molecule has 152 valence electrons. The van der Waals surface area contributed by atoms with Gasteiger partial charge in [-0.1, -0.05) is 13.0 Å². The number of aromatic nitrogens is 3. The molecule has 2 aromatic rings. The van der Waals surface area contributed by atoms with Gasteiger partial charge in [0.05, 0.1) is 6.54 Å². The van der Waals surface area contributed by atoms with Crippen LogP contribution in [0, 0.1) is 0 Å². The highest BCUT2D eigenvalue weighted by atomic mass is 127. The quantitative estimate of drug-likeness (QED) is 0.184. The number of aryl methyl sites for hydroxylation is 1. The molecular formula is C15H26IN7O2S2. The van der Waals surface area contributed by atoms with Gasteiger partial charge in [-0.25, -0.2) is 13.1 Å². The SMILES string of the molecule is CCNC(=NCCNS(=O)(=O)c1cccs1)NCCn1cnnc1CC.I. The minimum atomic E-state index is -3.44. The summed E-state index contributed by atoms with van der Waals surface area (Å²) in [6.07, 6.45) is 2.54. The zero-order chi connectivity index (χ0) is 18.8. The molecular weight excluding hydrogens is 501 g/mol. The summed E-state index contributed by atoms with van der Waals surface area (Å²) in [6.45, 7) is 6.71. The van der Waals surface area contributed by atoms with Crippen LogP contribution in [0.1, 0.15) is 19.7 Å². The molecule has 0 aliphatic carbocycles. The smallest absolute Gasteiger partial charge is 0.250 e. The Hall–Kier alpha value is -1.25. The van der Waals surface area contributed by atoms with Gasteiger partial charge in [-0.05, 0) is 18.4 Å². The van der Waals surface area contributed by atoms with Crippen LogP contribution in [0.3, 0.4) is 0 Å². The Bertz CT molecular complexity index is 791. The van der Waals surface area contributed by atoms with E-state index in [1.807, 2.05) is 18.4 Å². The fourth-order valence-electron chi connectivity index (χ4n) is 2.21. The molecule has 2 aromatic heterocycles. The maximum Gasteiger partial charge on any atom is 0.250 e. The van der Waals surface area contributed by atoms with Crippen molar-refractivity contribution in [1.82, 2.24) is 30.1 Å². The lowest BCUT2D eigenvalue weighted by atomic mass is 10.4. The zero-order valence-electron chi connectivity index (χ0n) is 15.4. The summed E-state index contributed by atoms with van der Waals surface area (Å²) in [6, 6.07) is 3.29. The Morgan fingerprint density at radius 2 is 2.11 bits per heavy atom. The van der Waals surface area contributed by atoms with Crippen molar-refractivity contribution in [3.05, 3.63) is 29.7 Å². The molecule has 2 rings (SSSR count). The van der Waals surface area contributed by atoms with Crippen LogP contribution >= 0.6 is 35.3 Å². The van der Waals surface area contributed by atoms with Gasteiger partial charge in [-0.3, -0.25) is 4.99 Å². The van der Waals surface area contributed by atoms with E-state index < -0.39 is 10.0 Å². The van der Waals surface area contributed by atoms with Crippen LogP contribution < -0.4 is 15.4 Å². The number of rotatable bonds is 10. The van der Waals surface area contributed by atoms with Crippen molar-refractivity contribution in [3.8, 4) is 0 Å². The fraction of sp³-hybridized carbons (Fsp3) is 0.533. The summed E-state index contributed by atoms with van der Waals surface area (Å²) in [7, 11) is -3.44. The van der Waals surface area contributed by atoms with Crippen molar-refractivity contribution in [2.45, 2.75) is 31.0 Å². The summed E-state index contributed by atoms with van der Waals surface area (Å²) in [4.78, 5) is 4.39. The summed E-state index contributed by atoms with van der Waals surface area (Å²) >= 11 is 1.19. The summed E-state index contributed by atoms with van der Waals surface area (Å²) in [5.74, 6) is 1.59. The van der Waals surface area contributed by atoms with Gasteiger partial charge in [-0.15, -0.1) is 45.5 Å². The van der Waals surface area contributed by atoms with Gasteiger partial charge >= 0.3 is 0 Å². The molecule has 0 unspecified atom stereocenters. The van der Waals surface area contributed by atoms with E-state index >= 15 is 0 Å². The topological polar surface area (TPSA) is 113 Å². The van der Waals surface area contributed by atoms with Gasteiger partial charge in [0, 0.05) is 32.6 Å². The van der Waals surface area contributed by atoms with E-state index in [9.17, 15) is 8.42 Å². The van der Waals surface area contributed by atoms with E-state index in [0.29, 0.717) is 23.3 Å². The summed E-state index contributed by atoms with van der Waals surface area (Å²) in [5, 5.41) is 16.1. The van der Waals surface area contributed by atoms with E-state index in [0.717, 1.165) is 25.3 Å². The highest BCUT2D eigenvalue weighted by Crippen LogP contribution is 2.14. The fourth-order valence-corrected chi connectivity index (χ4v) is 4.27. The lowest BCUT2D eigenvalue weighted by molar-refractivity contribution is 0.584. The summed E-state index contributed by atoms with van der Waals surface area (Å²) < 4.78 is 28.9. The number of sulfonamides is 1. The Balaban J connectivity index is 0.00000364. The number of aliphatic imine (C=N–C) groups is 1. The van der Waals surface area contributed by atoms with Crippen LogP contribution in [0.15, 0.2) is 33.0 Å². The van der Waals surface area contributed by atoms with Gasteiger partial charge < -0.3 is 15.2 Å². The first-order valence-corrected chi connectivity index (χ1v) is 10.8. The number of nitrogens with one attached hydrogen (secondary N) is 3. The number of nitrogens with zero attached hydrogens (tertiary/aromatic N) is 4. The van der Waals surface area contributed by atoms with Gasteiger partial charge in [0.25, 0.3) is 0 Å². The second kappa shape index (κ2) is 12.3. The minimum Gasteiger partial charge on any atom is -0.357 e. The molecule has 9 nitrogen and oxygen atoms in total. The third kappa shape index (κ3) is 7.71. The first kappa shape index (κ1) is 23.8. The van der Waals surface area contributed by atoms with E-state index in [1.54, 1.807) is 23.8 Å². The molecule has 12 heteroatoms. The molecule has 2 heterocycles. The van der Waals surface area contributed by atoms with Gasteiger partial charge in [-0.2, -0.15) is 0 Å². The van der Waals surface area contributed by atoms with Gasteiger partial charge in [0.2, 0.25) is 10.0 Å². The average Bonchev–Trinajstić information content (AvgIpc) is 3.30. The van der Waals surface area contributed by atoms with Gasteiger partial charge in [0.15, 0.2) is 5.96 Å². The number of thiophene rings is 1. The molecule has 0 atom stereocenters. The molecule has 27 heavy (non-hydrogen) atoms. The minimum absolute atomic E-state index is 0. The molecule has 0 aliphatic heterocycles. The maximum absolute atomic E-state index is 12.0. The molecule has 0 aromatic carbocycles. The van der Waals surface area contributed by atoms with Crippen molar-refractivity contribution in [1.29, 1.82) is 0 Å². The zero-order valence-corrected chi connectivity index (χ0v) is 19.3. The first-order chi connectivity index (χ1) is 12.6. The maximum atomic E-state index is 12.0. The Morgan fingerprint density at radius 3 is 2.78 bits per heavy atom. The highest BCUT2D eigenvalue weighted by Gasteiger charge is 2.13. The van der Waals surface area contributed by atoms with E-state index in [1.165, 1.54) is 11.3 Å². The average molecular weight is 527 g/mol. The van der Waals surface area contributed by atoms with Crippen LogP contribution in [0.2, 0.25) is 0 Å². The highest BCUT2D eigenvalue weighted by molar-refractivity contribution is 14.0. The summed E-state index contributed by atoms with van der Waals surface area (Å²) in [5.41, 5.74) is 0. The lowest BCUT2D eigenvalue weighted by Gasteiger charge is -2.12. The number of hydrogen-bond donors (Lipinski definition) is 3. The van der Waals surface area contributed by atoms with E-state index in [2.05, 4.69) is 30.5 Å². The van der Waals surface area contributed by atoms with Crippen LogP contribution in [0.5, 0.6) is 0 Å². The Labute approximate surface area is 181 Å². The van der Waals surface area contributed by atoms with Gasteiger partial charge in [0.1, 0.15) is 16.4 Å². The Morgan fingerprint density at radius 1 is 1.30 bits per heavy atom. The predicted molar refractivity (Wildman–Crippen MR) is 118 cm³/mol. The molecule has 0 saturated heterocycles. The van der Waals surface area contributed by atoms with Crippen molar-refractivity contribution in [3.63, 3.8) is 0 Å². The van der Waals surface area contributed by atoms with Crippen LogP contribution in [-0.2, 0) is 23.0 Å². The first-order valence-electron chi connectivity index (χ1n) is 8.48. The van der Waals surface area contributed by atoms with Crippen LogP contribution in [0.4, 0.5) is 0 Å². The van der Waals surface area contributed by atoms with Crippen molar-refractivity contribution in [2.24, 2.45) is 4.99 Å². The van der Waals surface area contributed by atoms with Crippen LogP contribution in [0.25, 0.3) is 0 Å². The van der Waals surface area contributed by atoms with Crippen molar-refractivity contribution in [2.75, 3.05) is 26.2 Å². The number of guanidine groups is 1. The standard InChI is InChI=1S/C15H25N7O2S2.HI/c1-3-13-21-19-12-22(13)10-9-18-15(16-4-2)17-7-8-20-26(23,24)14-6-5-11-25-14;/h5-6,11-12,20H,3-4,7-10H2,1-2H3,(H2,16,17,18);1H. The second-order valence-electron chi connectivity index (χ2n) is 5.31. The molecule has 0 amide bonds. The largest absolute Gasteiger partial charge is 0.357 e. The van der Waals surface area contributed by atoms with Crippen LogP contribution in [-0.4, -0.2) is 55.3 Å². The molecule has 0 saturated carbocycles. The molecule has 0 aliphatic rings. The second-order valence-corrected chi connectivity index (χ2v) is 8.25.